The Morgan fingerprint density at radius 3 is 2.50 bits per heavy atom. The normalized spacial score (nSPS) is 11.3. The van der Waals surface area contributed by atoms with Gasteiger partial charge in [-0.2, -0.15) is 0 Å². The summed E-state index contributed by atoms with van der Waals surface area (Å²) in [7, 11) is 1.47. The van der Waals surface area contributed by atoms with E-state index in [0.717, 1.165) is 5.56 Å². The second-order valence-electron chi connectivity index (χ2n) is 6.05. The van der Waals surface area contributed by atoms with Crippen molar-refractivity contribution in [2.45, 2.75) is 19.5 Å². The van der Waals surface area contributed by atoms with E-state index in [1.165, 1.54) is 7.11 Å². The van der Waals surface area contributed by atoms with Crippen LogP contribution in [0.4, 0.5) is 5.69 Å². The Balaban J connectivity index is 0.00000392. The molecule has 0 aliphatic carbocycles. The van der Waals surface area contributed by atoms with E-state index in [-0.39, 0.29) is 24.9 Å². The fourth-order valence-corrected chi connectivity index (χ4v) is 2.76. The van der Waals surface area contributed by atoms with E-state index in [4.69, 9.17) is 22.1 Å². The van der Waals surface area contributed by atoms with Crippen molar-refractivity contribution in [3.8, 4) is 0 Å². The molecule has 0 saturated heterocycles. The fourth-order valence-electron chi connectivity index (χ4n) is 2.56. The Morgan fingerprint density at radius 2 is 1.89 bits per heavy atom. The second kappa shape index (κ2) is 11.7. The zero-order valence-electron chi connectivity index (χ0n) is 15.9. The first-order valence-corrected chi connectivity index (χ1v) is 9.02. The number of methoxy groups -OCH3 is 1. The van der Waals surface area contributed by atoms with E-state index >= 15 is 0 Å². The predicted octanol–water partition coefficient (Wildman–Crippen LogP) is 3.34. The highest BCUT2D eigenvalue weighted by atomic mass is 35.5. The van der Waals surface area contributed by atoms with Crippen molar-refractivity contribution < 1.29 is 14.3 Å². The zero-order chi connectivity index (χ0) is 19.8. The van der Waals surface area contributed by atoms with E-state index in [9.17, 15) is 9.59 Å². The number of ether oxygens (including phenoxy) is 1. The number of hydrogen-bond donors (Lipinski definition) is 2. The number of anilines is 1. The van der Waals surface area contributed by atoms with Gasteiger partial charge in [0, 0.05) is 25.9 Å². The van der Waals surface area contributed by atoms with Crippen LogP contribution in [-0.2, 0) is 16.1 Å². The maximum atomic E-state index is 13.0. The van der Waals surface area contributed by atoms with E-state index in [0.29, 0.717) is 29.4 Å². The van der Waals surface area contributed by atoms with Crippen LogP contribution in [0.5, 0.6) is 0 Å². The third-order valence-corrected chi connectivity index (χ3v) is 4.36. The second-order valence-corrected chi connectivity index (χ2v) is 6.46. The van der Waals surface area contributed by atoms with E-state index in [1.54, 1.807) is 23.1 Å². The smallest absolute Gasteiger partial charge is 0.255 e. The molecular formula is C20H25Cl2N3O3. The Morgan fingerprint density at radius 1 is 1.21 bits per heavy atom. The van der Waals surface area contributed by atoms with Crippen molar-refractivity contribution in [3.63, 3.8) is 0 Å². The van der Waals surface area contributed by atoms with Gasteiger partial charge in [0.05, 0.1) is 17.2 Å². The van der Waals surface area contributed by atoms with Crippen molar-refractivity contribution in [1.29, 1.82) is 0 Å². The van der Waals surface area contributed by atoms with Crippen LogP contribution >= 0.6 is 24.0 Å². The fraction of sp³-hybridized carbons (Fsp3) is 0.300. The van der Waals surface area contributed by atoms with Gasteiger partial charge >= 0.3 is 0 Å². The van der Waals surface area contributed by atoms with Crippen LogP contribution in [0.25, 0.3) is 0 Å². The molecule has 6 nitrogen and oxygen atoms in total. The summed E-state index contributed by atoms with van der Waals surface area (Å²) in [6, 6.07) is 13.7. The van der Waals surface area contributed by atoms with Crippen molar-refractivity contribution >= 4 is 41.5 Å². The number of halogens is 2. The molecule has 1 atom stereocenters. The van der Waals surface area contributed by atoms with Gasteiger partial charge in [-0.1, -0.05) is 41.9 Å². The lowest BCUT2D eigenvalue weighted by Crippen LogP contribution is -2.39. The lowest BCUT2D eigenvalue weighted by molar-refractivity contribution is -0.118. The highest BCUT2D eigenvalue weighted by Crippen LogP contribution is 2.23. The molecule has 0 bridgehead atoms. The maximum absolute atomic E-state index is 13.0. The summed E-state index contributed by atoms with van der Waals surface area (Å²) in [6.45, 7) is 3.01. The van der Waals surface area contributed by atoms with Crippen LogP contribution in [-0.4, -0.2) is 43.0 Å². The molecule has 3 N–H and O–H groups in total. The van der Waals surface area contributed by atoms with Crippen LogP contribution in [0.1, 0.15) is 22.8 Å². The van der Waals surface area contributed by atoms with Crippen LogP contribution in [0.15, 0.2) is 48.5 Å². The number of benzene rings is 2. The maximum Gasteiger partial charge on any atom is 0.255 e. The largest absolute Gasteiger partial charge is 0.383 e. The number of nitrogens with two attached hydrogens (primary N) is 1. The van der Waals surface area contributed by atoms with Crippen LogP contribution in [0, 0.1) is 0 Å². The number of amides is 2. The number of rotatable bonds is 8. The highest BCUT2D eigenvalue weighted by Gasteiger charge is 2.19. The molecule has 0 aromatic heterocycles. The van der Waals surface area contributed by atoms with Gasteiger partial charge in [-0.15, -0.1) is 12.4 Å². The predicted molar refractivity (Wildman–Crippen MR) is 114 cm³/mol. The SMILES string of the molecule is CCN(Cc1ccccc1)C(=O)c1cc(NC(=O)C(N)COC)ccc1Cl.Cl. The van der Waals surface area contributed by atoms with Gasteiger partial charge in [0.2, 0.25) is 5.91 Å². The van der Waals surface area contributed by atoms with E-state index < -0.39 is 11.9 Å². The van der Waals surface area contributed by atoms with Gasteiger partial charge in [0.25, 0.3) is 5.91 Å². The van der Waals surface area contributed by atoms with Crippen molar-refractivity contribution in [1.82, 2.24) is 4.90 Å². The first kappa shape index (κ1) is 23.9. The van der Waals surface area contributed by atoms with Crippen LogP contribution in [0.2, 0.25) is 5.02 Å². The molecule has 0 fully saturated rings. The molecule has 2 rings (SSSR count). The summed E-state index contributed by atoms with van der Waals surface area (Å²) in [6.07, 6.45) is 0. The minimum atomic E-state index is -0.796. The number of nitrogens with one attached hydrogen (secondary N) is 1. The van der Waals surface area contributed by atoms with Gasteiger partial charge in [0.15, 0.2) is 0 Å². The summed E-state index contributed by atoms with van der Waals surface area (Å²) in [5.74, 6) is -0.599. The molecule has 8 heteroatoms. The molecule has 28 heavy (non-hydrogen) atoms. The van der Waals surface area contributed by atoms with Gasteiger partial charge in [0.1, 0.15) is 6.04 Å². The first-order chi connectivity index (χ1) is 13.0. The standard InChI is InChI=1S/C20H24ClN3O3.ClH/c1-3-24(12-14-7-5-4-6-8-14)20(26)16-11-15(9-10-17(16)21)23-19(25)18(22)13-27-2;/h4-11,18H,3,12-13,22H2,1-2H3,(H,23,25);1H. The first-order valence-electron chi connectivity index (χ1n) is 8.64. The van der Waals surface area contributed by atoms with Crippen LogP contribution in [0.3, 0.4) is 0 Å². The zero-order valence-corrected chi connectivity index (χ0v) is 17.4. The lowest BCUT2D eigenvalue weighted by atomic mass is 10.1. The van der Waals surface area contributed by atoms with Crippen molar-refractivity contribution in [2.24, 2.45) is 5.73 Å². The topological polar surface area (TPSA) is 84.7 Å². The molecule has 1 unspecified atom stereocenters. The number of nitrogens with zero attached hydrogens (tertiary/aromatic N) is 1. The van der Waals surface area contributed by atoms with E-state index in [1.807, 2.05) is 37.3 Å². The van der Waals surface area contributed by atoms with Crippen molar-refractivity contribution in [2.75, 3.05) is 25.6 Å². The molecule has 0 aliphatic heterocycles. The Kier molecular flexibility index (Phi) is 9.96. The van der Waals surface area contributed by atoms with Crippen LogP contribution < -0.4 is 11.1 Å². The Bertz CT molecular complexity index is 788. The third-order valence-electron chi connectivity index (χ3n) is 4.03. The molecular weight excluding hydrogens is 401 g/mol. The molecule has 0 aliphatic rings. The van der Waals surface area contributed by atoms with E-state index in [2.05, 4.69) is 5.32 Å². The lowest BCUT2D eigenvalue weighted by Gasteiger charge is -2.22. The van der Waals surface area contributed by atoms with Crippen molar-refractivity contribution in [3.05, 3.63) is 64.7 Å². The quantitative estimate of drug-likeness (QED) is 0.678. The average molecular weight is 426 g/mol. The minimum Gasteiger partial charge on any atom is -0.383 e. The Labute approximate surface area is 176 Å². The molecule has 152 valence electrons. The highest BCUT2D eigenvalue weighted by molar-refractivity contribution is 6.34. The molecule has 2 aromatic carbocycles. The molecule has 2 aromatic rings. The van der Waals surface area contributed by atoms with Gasteiger partial charge in [-0.3, -0.25) is 9.59 Å². The molecule has 2 amide bonds. The molecule has 0 saturated carbocycles. The molecule has 0 radical (unpaired) electrons. The summed E-state index contributed by atoms with van der Waals surface area (Å²) in [5, 5.41) is 3.01. The van der Waals surface area contributed by atoms with Gasteiger partial charge < -0.3 is 20.7 Å². The molecule has 0 heterocycles. The number of carbonyl (C=O) groups is 2. The average Bonchev–Trinajstić information content (AvgIpc) is 2.68. The van der Waals surface area contributed by atoms with Gasteiger partial charge in [-0.05, 0) is 30.7 Å². The monoisotopic (exact) mass is 425 g/mol. The molecule has 0 spiro atoms. The summed E-state index contributed by atoms with van der Waals surface area (Å²) < 4.78 is 4.88. The summed E-state index contributed by atoms with van der Waals surface area (Å²) >= 11 is 6.24. The minimum absolute atomic E-state index is 0. The number of hydrogen-bond acceptors (Lipinski definition) is 4. The third kappa shape index (κ3) is 6.49. The summed E-state index contributed by atoms with van der Waals surface area (Å²) in [5.41, 5.74) is 7.53. The van der Waals surface area contributed by atoms with Gasteiger partial charge in [-0.25, -0.2) is 0 Å². The number of carbonyl (C=O) groups excluding carboxylic acids is 2. The Hall–Kier alpha value is -2.12. The summed E-state index contributed by atoms with van der Waals surface area (Å²) in [4.78, 5) is 26.7.